The van der Waals surface area contributed by atoms with Crippen molar-refractivity contribution in [2.24, 2.45) is 0 Å². The normalized spacial score (nSPS) is 10.8. The summed E-state index contributed by atoms with van der Waals surface area (Å²) in [6.07, 6.45) is 0.179. The Kier molecular flexibility index (Phi) is 4.92. The summed E-state index contributed by atoms with van der Waals surface area (Å²) < 4.78 is 10.9. The summed E-state index contributed by atoms with van der Waals surface area (Å²) >= 11 is 11.9. The van der Waals surface area contributed by atoms with Gasteiger partial charge in [-0.05, 0) is 30.3 Å². The number of aryl methyl sites for hydroxylation is 1. The molecule has 24 heavy (non-hydrogen) atoms. The van der Waals surface area contributed by atoms with Gasteiger partial charge >= 0.3 is 0 Å². The van der Waals surface area contributed by atoms with Crippen molar-refractivity contribution in [1.82, 2.24) is 4.98 Å². The maximum absolute atomic E-state index is 12.0. The van der Waals surface area contributed by atoms with Gasteiger partial charge in [-0.15, -0.1) is 0 Å². The van der Waals surface area contributed by atoms with Gasteiger partial charge in [-0.1, -0.05) is 29.3 Å². The van der Waals surface area contributed by atoms with Gasteiger partial charge in [-0.2, -0.15) is 0 Å². The van der Waals surface area contributed by atoms with Crippen LogP contribution in [-0.2, 0) is 4.79 Å². The highest BCUT2D eigenvalue weighted by molar-refractivity contribution is 6.42. The van der Waals surface area contributed by atoms with Gasteiger partial charge in [0, 0.05) is 12.6 Å². The molecule has 0 spiro atoms. The third-order valence-corrected chi connectivity index (χ3v) is 4.08. The van der Waals surface area contributed by atoms with Gasteiger partial charge in [0.25, 0.3) is 0 Å². The highest BCUT2D eigenvalue weighted by Gasteiger charge is 2.09. The van der Waals surface area contributed by atoms with Gasteiger partial charge in [-0.3, -0.25) is 4.79 Å². The monoisotopic (exact) mass is 364 g/mol. The Balaban J connectivity index is 1.55. The van der Waals surface area contributed by atoms with Crippen molar-refractivity contribution in [2.75, 3.05) is 11.9 Å². The fourth-order valence-electron chi connectivity index (χ4n) is 2.19. The Morgan fingerprint density at radius 2 is 2.12 bits per heavy atom. The number of ether oxygens (including phenoxy) is 1. The van der Waals surface area contributed by atoms with E-state index >= 15 is 0 Å². The number of aromatic nitrogens is 1. The average molecular weight is 365 g/mol. The summed E-state index contributed by atoms with van der Waals surface area (Å²) in [4.78, 5) is 16.2. The van der Waals surface area contributed by atoms with Gasteiger partial charge in [0.15, 0.2) is 11.5 Å². The van der Waals surface area contributed by atoms with Crippen LogP contribution in [0, 0.1) is 6.92 Å². The van der Waals surface area contributed by atoms with E-state index in [2.05, 4.69) is 10.3 Å². The van der Waals surface area contributed by atoms with E-state index < -0.39 is 0 Å². The number of benzene rings is 2. The molecule has 0 aliphatic heterocycles. The van der Waals surface area contributed by atoms with Crippen molar-refractivity contribution in [2.45, 2.75) is 13.3 Å². The number of oxazole rings is 1. The highest BCUT2D eigenvalue weighted by atomic mass is 35.5. The summed E-state index contributed by atoms with van der Waals surface area (Å²) in [5.74, 6) is 0.865. The van der Waals surface area contributed by atoms with Crippen LogP contribution >= 0.6 is 23.2 Å². The lowest BCUT2D eigenvalue weighted by molar-refractivity contribution is -0.116. The quantitative estimate of drug-likeness (QED) is 0.702. The van der Waals surface area contributed by atoms with Crippen molar-refractivity contribution >= 4 is 45.9 Å². The average Bonchev–Trinajstić information content (AvgIpc) is 2.91. The molecule has 0 aliphatic rings. The van der Waals surface area contributed by atoms with E-state index in [1.807, 2.05) is 0 Å². The molecule has 3 aromatic rings. The molecule has 5 nitrogen and oxygen atoms in total. The number of halogens is 2. The summed E-state index contributed by atoms with van der Waals surface area (Å²) in [7, 11) is 0. The Labute approximate surface area is 148 Å². The number of carbonyl (C=O) groups excluding carboxylic acids is 1. The molecule has 1 aromatic heterocycles. The van der Waals surface area contributed by atoms with Crippen molar-refractivity contribution in [3.05, 3.63) is 52.3 Å². The topological polar surface area (TPSA) is 64.4 Å². The standard InChI is InChI=1S/C17H14Cl2N2O3/c1-10-20-13-9-11(5-6-14(13)24-10)21-16(22)7-8-23-15-4-2-3-12(18)17(15)19/h2-6,9H,7-8H2,1H3,(H,21,22). The van der Waals surface area contributed by atoms with Gasteiger partial charge in [0.05, 0.1) is 18.1 Å². The molecule has 0 saturated heterocycles. The molecule has 0 radical (unpaired) electrons. The number of carbonyl (C=O) groups is 1. The fourth-order valence-corrected chi connectivity index (χ4v) is 2.54. The number of hydrogen-bond donors (Lipinski definition) is 1. The minimum atomic E-state index is -0.173. The van der Waals surface area contributed by atoms with Crippen LogP contribution in [0.4, 0.5) is 5.69 Å². The Bertz CT molecular complexity index is 893. The van der Waals surface area contributed by atoms with Crippen LogP contribution < -0.4 is 10.1 Å². The van der Waals surface area contributed by atoms with Gasteiger partial charge in [0.1, 0.15) is 16.3 Å². The van der Waals surface area contributed by atoms with Crippen LogP contribution in [0.1, 0.15) is 12.3 Å². The third kappa shape index (κ3) is 3.80. The van der Waals surface area contributed by atoms with Crippen LogP contribution in [0.2, 0.25) is 10.0 Å². The minimum Gasteiger partial charge on any atom is -0.491 e. The molecule has 1 heterocycles. The molecule has 0 fully saturated rings. The predicted molar refractivity (Wildman–Crippen MR) is 93.9 cm³/mol. The lowest BCUT2D eigenvalue weighted by Gasteiger charge is -2.09. The number of fused-ring (bicyclic) bond motifs is 1. The summed E-state index contributed by atoms with van der Waals surface area (Å²) in [5, 5.41) is 3.55. The maximum atomic E-state index is 12.0. The second kappa shape index (κ2) is 7.11. The molecule has 1 N–H and O–H groups in total. The van der Waals surface area contributed by atoms with Gasteiger partial charge in [-0.25, -0.2) is 4.98 Å². The Hall–Kier alpha value is -2.24. The number of nitrogens with zero attached hydrogens (tertiary/aromatic N) is 1. The van der Waals surface area contributed by atoms with E-state index in [1.54, 1.807) is 43.3 Å². The second-order valence-corrected chi connectivity index (χ2v) is 5.90. The molecule has 0 unspecified atom stereocenters. The van der Waals surface area contributed by atoms with E-state index in [0.717, 1.165) is 0 Å². The van der Waals surface area contributed by atoms with Crippen LogP contribution in [-0.4, -0.2) is 17.5 Å². The molecule has 2 aromatic carbocycles. The molecule has 3 rings (SSSR count). The van der Waals surface area contributed by atoms with Crippen molar-refractivity contribution in [1.29, 1.82) is 0 Å². The summed E-state index contributed by atoms with van der Waals surface area (Å²) in [5.41, 5.74) is 2.04. The second-order valence-electron chi connectivity index (χ2n) is 5.11. The first kappa shape index (κ1) is 16.6. The van der Waals surface area contributed by atoms with Crippen molar-refractivity contribution < 1.29 is 13.9 Å². The molecule has 0 saturated carbocycles. The molecule has 0 aliphatic carbocycles. The van der Waals surface area contributed by atoms with Crippen LogP contribution in [0.15, 0.2) is 40.8 Å². The van der Waals surface area contributed by atoms with Crippen molar-refractivity contribution in [3.63, 3.8) is 0 Å². The largest absolute Gasteiger partial charge is 0.491 e. The number of nitrogens with one attached hydrogen (secondary N) is 1. The lowest BCUT2D eigenvalue weighted by atomic mass is 10.2. The number of amides is 1. The summed E-state index contributed by atoms with van der Waals surface area (Å²) in [6, 6.07) is 10.4. The Morgan fingerprint density at radius 3 is 2.96 bits per heavy atom. The zero-order valence-corrected chi connectivity index (χ0v) is 14.3. The summed E-state index contributed by atoms with van der Waals surface area (Å²) in [6.45, 7) is 1.97. The SMILES string of the molecule is Cc1nc2cc(NC(=O)CCOc3cccc(Cl)c3Cl)ccc2o1. The maximum Gasteiger partial charge on any atom is 0.227 e. The zero-order chi connectivity index (χ0) is 17.1. The lowest BCUT2D eigenvalue weighted by Crippen LogP contribution is -2.15. The van der Waals surface area contributed by atoms with Gasteiger partial charge in [0.2, 0.25) is 5.91 Å². The van der Waals surface area contributed by atoms with E-state index in [9.17, 15) is 4.79 Å². The molecule has 0 atom stereocenters. The van der Waals surface area contributed by atoms with Gasteiger partial charge < -0.3 is 14.5 Å². The highest BCUT2D eigenvalue weighted by Crippen LogP contribution is 2.31. The predicted octanol–water partition coefficient (Wildman–Crippen LogP) is 4.85. The van der Waals surface area contributed by atoms with E-state index in [0.29, 0.717) is 38.5 Å². The minimum absolute atomic E-state index is 0.173. The van der Waals surface area contributed by atoms with E-state index in [1.165, 1.54) is 0 Å². The molecule has 0 bridgehead atoms. The molecular weight excluding hydrogens is 351 g/mol. The first-order chi connectivity index (χ1) is 11.5. The van der Waals surface area contributed by atoms with Crippen LogP contribution in [0.3, 0.4) is 0 Å². The van der Waals surface area contributed by atoms with E-state index in [4.69, 9.17) is 32.4 Å². The smallest absolute Gasteiger partial charge is 0.227 e. The van der Waals surface area contributed by atoms with Crippen molar-refractivity contribution in [3.8, 4) is 5.75 Å². The van der Waals surface area contributed by atoms with Crippen LogP contribution in [0.5, 0.6) is 5.75 Å². The third-order valence-electron chi connectivity index (χ3n) is 3.28. The number of rotatable bonds is 5. The van der Waals surface area contributed by atoms with E-state index in [-0.39, 0.29) is 18.9 Å². The number of hydrogen-bond acceptors (Lipinski definition) is 4. The first-order valence-electron chi connectivity index (χ1n) is 7.27. The molecule has 1 amide bonds. The zero-order valence-electron chi connectivity index (χ0n) is 12.8. The number of anilines is 1. The Morgan fingerprint density at radius 1 is 1.29 bits per heavy atom. The fraction of sp³-hybridized carbons (Fsp3) is 0.176. The molecule has 7 heteroatoms. The first-order valence-corrected chi connectivity index (χ1v) is 8.02. The molecular formula is C17H14Cl2N2O3. The van der Waals surface area contributed by atoms with Crippen LogP contribution in [0.25, 0.3) is 11.1 Å². The molecule has 124 valence electrons.